The molecule has 0 saturated heterocycles. The SMILES string of the molecule is COc1ccc(NC(C)=O)cc1NC(=O)[C@H]1COc2ccc(Cl)cc2C1. The summed E-state index contributed by atoms with van der Waals surface area (Å²) in [6.45, 7) is 1.71. The molecule has 2 aromatic rings. The first kappa shape index (κ1) is 18.1. The number of hydrogen-bond acceptors (Lipinski definition) is 4. The maximum Gasteiger partial charge on any atom is 0.231 e. The minimum atomic E-state index is -0.352. The van der Waals surface area contributed by atoms with Gasteiger partial charge in [-0.2, -0.15) is 0 Å². The molecule has 2 N–H and O–H groups in total. The summed E-state index contributed by atoms with van der Waals surface area (Å²) in [6.07, 6.45) is 0.537. The minimum Gasteiger partial charge on any atom is -0.495 e. The molecule has 6 nitrogen and oxygen atoms in total. The van der Waals surface area contributed by atoms with Crippen molar-refractivity contribution >= 4 is 34.8 Å². The zero-order valence-electron chi connectivity index (χ0n) is 14.5. The van der Waals surface area contributed by atoms with Gasteiger partial charge in [0.05, 0.1) is 18.7 Å². The Balaban J connectivity index is 1.76. The van der Waals surface area contributed by atoms with Crippen LogP contribution in [0.2, 0.25) is 5.02 Å². The van der Waals surface area contributed by atoms with Crippen LogP contribution in [-0.2, 0) is 16.0 Å². The number of halogens is 1. The van der Waals surface area contributed by atoms with Crippen LogP contribution >= 0.6 is 11.6 Å². The van der Waals surface area contributed by atoms with Crippen molar-refractivity contribution in [3.8, 4) is 11.5 Å². The molecule has 0 aliphatic carbocycles. The summed E-state index contributed by atoms with van der Waals surface area (Å²) < 4.78 is 11.0. The summed E-state index contributed by atoms with van der Waals surface area (Å²) in [4.78, 5) is 23.9. The van der Waals surface area contributed by atoms with Crippen LogP contribution in [0.3, 0.4) is 0 Å². The standard InChI is InChI=1S/C19H19ClN2O4/c1-11(23)21-15-4-6-18(25-2)16(9-15)22-19(24)13-7-12-8-14(20)3-5-17(12)26-10-13/h3-6,8-9,13H,7,10H2,1-2H3,(H,21,23)(H,22,24)/t13-/m1/s1. The van der Waals surface area contributed by atoms with Crippen molar-refractivity contribution in [1.82, 2.24) is 0 Å². The Bertz CT molecular complexity index is 853. The van der Waals surface area contributed by atoms with Crippen molar-refractivity contribution in [2.24, 2.45) is 5.92 Å². The van der Waals surface area contributed by atoms with E-state index >= 15 is 0 Å². The quantitative estimate of drug-likeness (QED) is 0.858. The van der Waals surface area contributed by atoms with Crippen LogP contribution < -0.4 is 20.1 Å². The lowest BCUT2D eigenvalue weighted by Crippen LogP contribution is -2.32. The van der Waals surface area contributed by atoms with E-state index in [1.54, 1.807) is 24.3 Å². The fraction of sp³-hybridized carbons (Fsp3) is 0.263. The first-order valence-corrected chi connectivity index (χ1v) is 8.52. The van der Waals surface area contributed by atoms with Gasteiger partial charge in [0.1, 0.15) is 18.1 Å². The van der Waals surface area contributed by atoms with E-state index < -0.39 is 0 Å². The van der Waals surface area contributed by atoms with Crippen molar-refractivity contribution in [3.63, 3.8) is 0 Å². The third-order valence-corrected chi connectivity index (χ3v) is 4.31. The van der Waals surface area contributed by atoms with E-state index in [4.69, 9.17) is 21.1 Å². The fourth-order valence-corrected chi connectivity index (χ4v) is 3.05. The minimum absolute atomic E-state index is 0.186. The van der Waals surface area contributed by atoms with E-state index in [-0.39, 0.29) is 24.3 Å². The molecular weight excluding hydrogens is 356 g/mol. The van der Waals surface area contributed by atoms with Gasteiger partial charge in [-0.25, -0.2) is 0 Å². The number of carbonyl (C=O) groups is 2. The Morgan fingerprint density at radius 3 is 2.73 bits per heavy atom. The van der Waals surface area contributed by atoms with Crippen LogP contribution in [0.25, 0.3) is 0 Å². The molecule has 26 heavy (non-hydrogen) atoms. The predicted octanol–water partition coefficient (Wildman–Crippen LogP) is 3.50. The highest BCUT2D eigenvalue weighted by Gasteiger charge is 2.27. The summed E-state index contributed by atoms with van der Waals surface area (Å²) >= 11 is 6.03. The van der Waals surface area contributed by atoms with E-state index in [9.17, 15) is 9.59 Å². The molecule has 1 aliphatic heterocycles. The molecule has 136 valence electrons. The summed E-state index contributed by atoms with van der Waals surface area (Å²) in [7, 11) is 1.52. The summed E-state index contributed by atoms with van der Waals surface area (Å²) in [5, 5.41) is 6.15. The van der Waals surface area contributed by atoms with Gasteiger partial charge >= 0.3 is 0 Å². The number of amides is 2. The van der Waals surface area contributed by atoms with Crippen molar-refractivity contribution in [1.29, 1.82) is 0 Å². The van der Waals surface area contributed by atoms with Gasteiger partial charge < -0.3 is 20.1 Å². The van der Waals surface area contributed by atoms with Gasteiger partial charge in [-0.1, -0.05) is 11.6 Å². The van der Waals surface area contributed by atoms with Gasteiger partial charge in [0.15, 0.2) is 0 Å². The van der Waals surface area contributed by atoms with Gasteiger partial charge in [-0.05, 0) is 48.4 Å². The third-order valence-electron chi connectivity index (χ3n) is 4.08. The molecule has 2 amide bonds. The number of nitrogens with one attached hydrogen (secondary N) is 2. The molecule has 0 unspecified atom stereocenters. The van der Waals surface area contributed by atoms with Crippen LogP contribution in [-0.4, -0.2) is 25.5 Å². The van der Waals surface area contributed by atoms with Gasteiger partial charge in [-0.3, -0.25) is 9.59 Å². The Kier molecular flexibility index (Phi) is 5.32. The molecule has 0 fully saturated rings. The monoisotopic (exact) mass is 374 g/mol. The molecular formula is C19H19ClN2O4. The number of methoxy groups -OCH3 is 1. The third kappa shape index (κ3) is 4.08. The molecule has 3 rings (SSSR count). The molecule has 1 atom stereocenters. The van der Waals surface area contributed by atoms with Crippen LogP contribution in [0.15, 0.2) is 36.4 Å². The molecule has 0 radical (unpaired) electrons. The Morgan fingerprint density at radius 2 is 2.00 bits per heavy atom. The molecule has 0 bridgehead atoms. The molecule has 1 heterocycles. The smallest absolute Gasteiger partial charge is 0.231 e. The zero-order valence-corrected chi connectivity index (χ0v) is 15.2. The largest absolute Gasteiger partial charge is 0.495 e. The normalized spacial score (nSPS) is 15.4. The van der Waals surface area contributed by atoms with Gasteiger partial charge in [0.2, 0.25) is 11.8 Å². The number of benzene rings is 2. The van der Waals surface area contributed by atoms with Crippen molar-refractivity contribution < 1.29 is 19.1 Å². The van der Waals surface area contributed by atoms with Crippen molar-refractivity contribution in [2.45, 2.75) is 13.3 Å². The Morgan fingerprint density at radius 1 is 1.19 bits per heavy atom. The first-order chi connectivity index (χ1) is 12.5. The van der Waals surface area contributed by atoms with Crippen LogP contribution in [0.1, 0.15) is 12.5 Å². The van der Waals surface area contributed by atoms with E-state index in [0.717, 1.165) is 11.3 Å². The molecule has 7 heteroatoms. The Hall–Kier alpha value is -2.73. The number of fused-ring (bicyclic) bond motifs is 1. The van der Waals surface area contributed by atoms with Crippen LogP contribution in [0.4, 0.5) is 11.4 Å². The second-order valence-corrected chi connectivity index (χ2v) is 6.49. The molecule has 0 saturated carbocycles. The molecule has 0 spiro atoms. The lowest BCUT2D eigenvalue weighted by Gasteiger charge is -2.25. The zero-order chi connectivity index (χ0) is 18.7. The average molecular weight is 375 g/mol. The highest BCUT2D eigenvalue weighted by molar-refractivity contribution is 6.30. The maximum atomic E-state index is 12.7. The molecule has 2 aromatic carbocycles. The number of hydrogen-bond donors (Lipinski definition) is 2. The van der Waals surface area contributed by atoms with Crippen LogP contribution in [0.5, 0.6) is 11.5 Å². The van der Waals surface area contributed by atoms with Gasteiger partial charge in [0, 0.05) is 17.6 Å². The highest BCUT2D eigenvalue weighted by atomic mass is 35.5. The van der Waals surface area contributed by atoms with Crippen molar-refractivity contribution in [2.75, 3.05) is 24.4 Å². The molecule has 0 aromatic heterocycles. The maximum absolute atomic E-state index is 12.7. The summed E-state index contributed by atoms with van der Waals surface area (Å²) in [5.74, 6) is 0.530. The fourth-order valence-electron chi connectivity index (χ4n) is 2.85. The van der Waals surface area contributed by atoms with Gasteiger partial charge in [0.25, 0.3) is 0 Å². The van der Waals surface area contributed by atoms with Crippen molar-refractivity contribution in [3.05, 3.63) is 47.0 Å². The Labute approximate surface area is 156 Å². The van der Waals surface area contributed by atoms with Gasteiger partial charge in [-0.15, -0.1) is 0 Å². The first-order valence-electron chi connectivity index (χ1n) is 8.14. The van der Waals surface area contributed by atoms with Crippen LogP contribution in [0, 0.1) is 5.92 Å². The second kappa shape index (κ2) is 7.66. The second-order valence-electron chi connectivity index (χ2n) is 6.05. The highest BCUT2D eigenvalue weighted by Crippen LogP contribution is 2.32. The van der Waals surface area contributed by atoms with E-state index in [0.29, 0.717) is 28.6 Å². The number of rotatable bonds is 4. The lowest BCUT2D eigenvalue weighted by molar-refractivity contribution is -0.121. The van der Waals surface area contributed by atoms with E-state index in [2.05, 4.69) is 10.6 Å². The predicted molar refractivity (Wildman–Crippen MR) is 100 cm³/mol. The number of carbonyl (C=O) groups excluding carboxylic acids is 2. The van der Waals surface area contributed by atoms with E-state index in [1.807, 2.05) is 12.1 Å². The summed E-state index contributed by atoms with van der Waals surface area (Å²) in [6, 6.07) is 10.4. The number of ether oxygens (including phenoxy) is 2. The lowest BCUT2D eigenvalue weighted by atomic mass is 9.96. The average Bonchev–Trinajstić information content (AvgIpc) is 2.60. The number of anilines is 2. The topological polar surface area (TPSA) is 76.7 Å². The van der Waals surface area contributed by atoms with E-state index in [1.165, 1.54) is 14.0 Å². The molecule has 1 aliphatic rings. The summed E-state index contributed by atoms with van der Waals surface area (Å²) in [5.41, 5.74) is 1.97.